The molecule has 0 bridgehead atoms. The predicted molar refractivity (Wildman–Crippen MR) is 101 cm³/mol. The molecule has 0 saturated carbocycles. The Hall–Kier alpha value is -3.21. The second kappa shape index (κ2) is 8.03. The zero-order chi connectivity index (χ0) is 21.2. The number of benzene rings is 1. The van der Waals surface area contributed by atoms with Gasteiger partial charge in [-0.2, -0.15) is 8.42 Å². The first kappa shape index (κ1) is 20.5. The second-order valence-corrected chi connectivity index (χ2v) is 8.03. The summed E-state index contributed by atoms with van der Waals surface area (Å²) in [5.41, 5.74) is 6.02. The summed E-state index contributed by atoms with van der Waals surface area (Å²) < 4.78 is 46.7. The molecule has 3 rings (SSSR count). The molecule has 11 heteroatoms. The van der Waals surface area contributed by atoms with E-state index in [2.05, 4.69) is 9.17 Å². The summed E-state index contributed by atoms with van der Waals surface area (Å²) in [7, 11) is -3.71. The minimum Gasteiger partial charge on any atom is -0.444 e. The van der Waals surface area contributed by atoms with Crippen LogP contribution in [0.2, 0.25) is 0 Å². The molecule has 29 heavy (non-hydrogen) atoms. The number of hydrogen-bond donors (Lipinski definition) is 1. The van der Waals surface area contributed by atoms with Crippen molar-refractivity contribution in [2.24, 2.45) is 5.73 Å². The van der Waals surface area contributed by atoms with Crippen LogP contribution in [-0.2, 0) is 19.6 Å². The van der Waals surface area contributed by atoms with Gasteiger partial charge in [0, 0.05) is 29.8 Å². The molecule has 9 nitrogen and oxygen atoms in total. The molecular weight excluding hydrogens is 405 g/mol. The standard InChI is InChI=1S/C18H18FN3O6S/c1-29(25,26)28-17-7-2-11(9-21-17)14-5-3-12(8-15(14)19)22-10-13(27-18(22)24)4-6-16(20)23/h2-3,5,7-9,13H,4,6,10H2,1H3,(H2,20,23). The average molecular weight is 423 g/mol. The van der Waals surface area contributed by atoms with E-state index in [1.54, 1.807) is 6.07 Å². The van der Waals surface area contributed by atoms with Gasteiger partial charge in [0.2, 0.25) is 11.8 Å². The molecule has 2 heterocycles. The highest BCUT2D eigenvalue weighted by molar-refractivity contribution is 7.86. The Morgan fingerprint density at radius 1 is 1.38 bits per heavy atom. The predicted octanol–water partition coefficient (Wildman–Crippen LogP) is 1.82. The van der Waals surface area contributed by atoms with Crippen molar-refractivity contribution in [3.63, 3.8) is 0 Å². The number of nitrogens with zero attached hydrogens (tertiary/aromatic N) is 2. The molecule has 0 aliphatic carbocycles. The van der Waals surface area contributed by atoms with Crippen LogP contribution in [-0.4, -0.2) is 44.3 Å². The Labute approximate surface area is 166 Å². The molecule has 0 radical (unpaired) electrons. The van der Waals surface area contributed by atoms with E-state index in [1.807, 2.05) is 0 Å². The van der Waals surface area contributed by atoms with Crippen molar-refractivity contribution in [3.8, 4) is 17.0 Å². The van der Waals surface area contributed by atoms with E-state index in [9.17, 15) is 22.4 Å². The molecule has 1 unspecified atom stereocenters. The zero-order valence-corrected chi connectivity index (χ0v) is 16.2. The number of primary amides is 1. The number of carbonyl (C=O) groups is 2. The van der Waals surface area contributed by atoms with Gasteiger partial charge < -0.3 is 14.7 Å². The maximum Gasteiger partial charge on any atom is 0.414 e. The third-order valence-electron chi connectivity index (χ3n) is 4.14. The van der Waals surface area contributed by atoms with E-state index in [0.29, 0.717) is 17.7 Å². The number of carbonyl (C=O) groups excluding carboxylic acids is 2. The van der Waals surface area contributed by atoms with Crippen LogP contribution in [0.1, 0.15) is 12.8 Å². The van der Waals surface area contributed by atoms with Gasteiger partial charge in [-0.15, -0.1) is 0 Å². The van der Waals surface area contributed by atoms with Gasteiger partial charge in [-0.05, 0) is 30.7 Å². The lowest BCUT2D eigenvalue weighted by molar-refractivity contribution is -0.118. The van der Waals surface area contributed by atoms with Crippen LogP contribution < -0.4 is 14.8 Å². The number of aromatic nitrogens is 1. The van der Waals surface area contributed by atoms with E-state index < -0.39 is 34.0 Å². The number of amides is 2. The number of halogens is 1. The smallest absolute Gasteiger partial charge is 0.414 e. The minimum absolute atomic E-state index is 0.0884. The summed E-state index contributed by atoms with van der Waals surface area (Å²) in [6.07, 6.45) is 1.43. The van der Waals surface area contributed by atoms with E-state index in [1.165, 1.54) is 35.4 Å². The van der Waals surface area contributed by atoms with Gasteiger partial charge >= 0.3 is 16.2 Å². The van der Waals surface area contributed by atoms with Gasteiger partial charge in [-0.3, -0.25) is 9.69 Å². The molecule has 1 fully saturated rings. The Bertz CT molecular complexity index is 1040. The Morgan fingerprint density at radius 2 is 2.14 bits per heavy atom. The fourth-order valence-electron chi connectivity index (χ4n) is 2.84. The molecule has 1 aliphatic heterocycles. The third kappa shape index (κ3) is 5.19. The summed E-state index contributed by atoms with van der Waals surface area (Å²) >= 11 is 0. The fourth-order valence-corrected chi connectivity index (χ4v) is 3.24. The number of anilines is 1. The molecule has 2 aromatic rings. The van der Waals surface area contributed by atoms with Crippen molar-refractivity contribution in [2.45, 2.75) is 18.9 Å². The van der Waals surface area contributed by atoms with Crippen LogP contribution in [0.25, 0.3) is 11.1 Å². The SMILES string of the molecule is CS(=O)(=O)Oc1ccc(-c2ccc(N3CC(CCC(N)=O)OC3=O)cc2F)cn1. The van der Waals surface area contributed by atoms with Crippen molar-refractivity contribution in [1.82, 2.24) is 4.98 Å². The molecule has 0 spiro atoms. The van der Waals surface area contributed by atoms with Gasteiger partial charge in [-0.25, -0.2) is 14.2 Å². The van der Waals surface area contributed by atoms with E-state index in [0.717, 1.165) is 6.26 Å². The number of rotatable bonds is 7. The van der Waals surface area contributed by atoms with Crippen molar-refractivity contribution in [2.75, 3.05) is 17.7 Å². The topological polar surface area (TPSA) is 129 Å². The third-order valence-corrected chi connectivity index (χ3v) is 4.61. The molecule has 2 amide bonds. The lowest BCUT2D eigenvalue weighted by Gasteiger charge is -2.14. The fraction of sp³-hybridized carbons (Fsp3) is 0.278. The zero-order valence-electron chi connectivity index (χ0n) is 15.4. The molecule has 1 saturated heterocycles. The first-order valence-corrected chi connectivity index (χ1v) is 10.4. The number of ether oxygens (including phenoxy) is 1. The first-order chi connectivity index (χ1) is 13.6. The van der Waals surface area contributed by atoms with Crippen LogP contribution in [0.5, 0.6) is 5.88 Å². The molecule has 1 aromatic heterocycles. The van der Waals surface area contributed by atoms with Gasteiger partial charge in [0.15, 0.2) is 0 Å². The second-order valence-electron chi connectivity index (χ2n) is 6.46. The number of cyclic esters (lactones) is 1. The van der Waals surface area contributed by atoms with Crippen molar-refractivity contribution >= 4 is 27.8 Å². The monoisotopic (exact) mass is 423 g/mol. The molecule has 1 aliphatic rings. The van der Waals surface area contributed by atoms with Gasteiger partial charge in [-0.1, -0.05) is 0 Å². The molecule has 1 atom stereocenters. The Kier molecular flexibility index (Phi) is 5.69. The maximum atomic E-state index is 14.6. The van der Waals surface area contributed by atoms with Crippen LogP contribution in [0.4, 0.5) is 14.9 Å². The van der Waals surface area contributed by atoms with Crippen LogP contribution in [0.3, 0.4) is 0 Å². The average Bonchev–Trinajstić information content (AvgIpc) is 3.00. The summed E-state index contributed by atoms with van der Waals surface area (Å²) in [6, 6.07) is 6.99. The lowest BCUT2D eigenvalue weighted by atomic mass is 10.1. The summed E-state index contributed by atoms with van der Waals surface area (Å²) in [6.45, 7) is 0.185. The molecule has 1 aromatic carbocycles. The molecule has 2 N–H and O–H groups in total. The summed E-state index contributed by atoms with van der Waals surface area (Å²) in [5.74, 6) is -1.22. The van der Waals surface area contributed by atoms with Crippen LogP contribution >= 0.6 is 0 Å². The highest BCUT2D eigenvalue weighted by atomic mass is 32.2. The number of hydrogen-bond acceptors (Lipinski definition) is 7. The normalized spacial score (nSPS) is 16.6. The van der Waals surface area contributed by atoms with Gasteiger partial charge in [0.05, 0.1) is 18.5 Å². The summed E-state index contributed by atoms with van der Waals surface area (Å²) in [5, 5.41) is 0. The lowest BCUT2D eigenvalue weighted by Crippen LogP contribution is -2.25. The van der Waals surface area contributed by atoms with E-state index >= 15 is 0 Å². The van der Waals surface area contributed by atoms with Gasteiger partial charge in [0.25, 0.3) is 0 Å². The summed E-state index contributed by atoms with van der Waals surface area (Å²) in [4.78, 5) is 28.0. The Balaban J connectivity index is 1.75. The van der Waals surface area contributed by atoms with Crippen LogP contribution in [0.15, 0.2) is 36.5 Å². The molecular formula is C18H18FN3O6S. The number of pyridine rings is 1. The van der Waals surface area contributed by atoms with E-state index in [4.69, 9.17) is 10.5 Å². The van der Waals surface area contributed by atoms with Crippen molar-refractivity contribution < 1.29 is 31.3 Å². The highest BCUT2D eigenvalue weighted by Crippen LogP contribution is 2.30. The quantitative estimate of drug-likeness (QED) is 0.673. The van der Waals surface area contributed by atoms with Gasteiger partial charge in [0.1, 0.15) is 11.9 Å². The minimum atomic E-state index is -3.71. The first-order valence-electron chi connectivity index (χ1n) is 8.54. The number of nitrogens with two attached hydrogens (primary N) is 1. The highest BCUT2D eigenvalue weighted by Gasteiger charge is 2.32. The van der Waals surface area contributed by atoms with Crippen molar-refractivity contribution in [1.29, 1.82) is 0 Å². The molecule has 154 valence electrons. The Morgan fingerprint density at radius 3 is 2.72 bits per heavy atom. The largest absolute Gasteiger partial charge is 0.444 e. The maximum absolute atomic E-state index is 14.6. The van der Waals surface area contributed by atoms with Crippen molar-refractivity contribution in [3.05, 3.63) is 42.3 Å². The van der Waals surface area contributed by atoms with E-state index in [-0.39, 0.29) is 24.4 Å². The van der Waals surface area contributed by atoms with Crippen LogP contribution in [0, 0.1) is 5.82 Å².